The van der Waals surface area contributed by atoms with Crippen LogP contribution in [0.15, 0.2) is 24.3 Å². The minimum Gasteiger partial charge on any atom is -0.394 e. The van der Waals surface area contributed by atoms with Crippen molar-refractivity contribution in [1.29, 1.82) is 0 Å². The lowest BCUT2D eigenvalue weighted by atomic mass is 10.0. The van der Waals surface area contributed by atoms with Crippen molar-refractivity contribution in [2.75, 3.05) is 6.61 Å². The largest absolute Gasteiger partial charge is 0.394 e. The van der Waals surface area contributed by atoms with Gasteiger partial charge in [0.15, 0.2) is 0 Å². The first kappa shape index (κ1) is 37.8. The fourth-order valence-corrected chi connectivity index (χ4v) is 4.86. The number of hydrogen-bond acceptors (Lipinski definition) is 4. The third kappa shape index (κ3) is 25.5. The molecule has 0 fully saturated rings. The van der Waals surface area contributed by atoms with Crippen LogP contribution in [0.3, 0.4) is 0 Å². The highest BCUT2D eigenvalue weighted by Gasteiger charge is 2.26. The Morgan fingerprint density at radius 3 is 1.51 bits per heavy atom. The topological polar surface area (TPSA) is 89.8 Å². The van der Waals surface area contributed by atoms with E-state index in [0.29, 0.717) is 12.8 Å². The summed E-state index contributed by atoms with van der Waals surface area (Å²) >= 11 is 0. The maximum absolute atomic E-state index is 12.3. The molecule has 4 N–H and O–H groups in total. The summed E-state index contributed by atoms with van der Waals surface area (Å²) in [7, 11) is 0. The highest BCUT2D eigenvalue weighted by atomic mass is 16.3. The summed E-state index contributed by atoms with van der Waals surface area (Å²) in [5.74, 6) is -0.163. The molecule has 3 unspecified atom stereocenters. The van der Waals surface area contributed by atoms with E-state index in [0.717, 1.165) is 38.5 Å². The second-order valence-corrected chi connectivity index (χ2v) is 11.4. The smallest absolute Gasteiger partial charge is 0.220 e. The molecule has 0 bridgehead atoms. The van der Waals surface area contributed by atoms with Crippen molar-refractivity contribution in [1.82, 2.24) is 5.32 Å². The Hall–Kier alpha value is -1.17. The first-order chi connectivity index (χ1) is 19.1. The molecule has 0 aromatic rings. The van der Waals surface area contributed by atoms with Crippen molar-refractivity contribution < 1.29 is 20.1 Å². The van der Waals surface area contributed by atoms with E-state index in [2.05, 4.69) is 43.5 Å². The summed E-state index contributed by atoms with van der Waals surface area (Å²) in [5, 5.41) is 33.1. The van der Waals surface area contributed by atoms with Crippen molar-refractivity contribution in [2.45, 2.75) is 180 Å². The van der Waals surface area contributed by atoms with Crippen LogP contribution in [0.4, 0.5) is 0 Å². The predicted molar refractivity (Wildman–Crippen MR) is 167 cm³/mol. The van der Waals surface area contributed by atoms with Crippen LogP contribution in [0.25, 0.3) is 0 Å². The Bertz CT molecular complexity index is 578. The van der Waals surface area contributed by atoms with Crippen LogP contribution in [0, 0.1) is 0 Å². The molecule has 5 heteroatoms. The standard InChI is InChI=1S/C34H65NO4/c1-3-5-7-9-11-13-15-16-17-18-19-21-23-25-27-29-33(38)35-31(30-36)34(39)32(37)28-26-24-22-20-14-12-10-8-6-4-2/h13,15,20,22,31-32,34,36-37,39H,3-12,14,16-19,21,23-30H2,1-2H3,(H,35,38)/b15-13-,22-20+. The zero-order valence-corrected chi connectivity index (χ0v) is 25.8. The van der Waals surface area contributed by atoms with Crippen molar-refractivity contribution in [2.24, 2.45) is 0 Å². The molecule has 39 heavy (non-hydrogen) atoms. The number of aliphatic hydroxyl groups excluding tert-OH is 3. The lowest BCUT2D eigenvalue weighted by molar-refractivity contribution is -0.124. The van der Waals surface area contributed by atoms with E-state index in [4.69, 9.17) is 0 Å². The van der Waals surface area contributed by atoms with E-state index in [1.165, 1.54) is 96.3 Å². The van der Waals surface area contributed by atoms with E-state index >= 15 is 0 Å². The van der Waals surface area contributed by atoms with E-state index < -0.39 is 18.2 Å². The van der Waals surface area contributed by atoms with Gasteiger partial charge < -0.3 is 20.6 Å². The second-order valence-electron chi connectivity index (χ2n) is 11.4. The number of unbranched alkanes of at least 4 members (excludes halogenated alkanes) is 17. The van der Waals surface area contributed by atoms with Crippen LogP contribution in [0.2, 0.25) is 0 Å². The molecular weight excluding hydrogens is 486 g/mol. The Balaban J connectivity index is 3.77. The van der Waals surface area contributed by atoms with Crippen LogP contribution < -0.4 is 5.32 Å². The van der Waals surface area contributed by atoms with Gasteiger partial charge in [-0.25, -0.2) is 0 Å². The lowest BCUT2D eigenvalue weighted by Crippen LogP contribution is -2.50. The number of allylic oxidation sites excluding steroid dienone is 4. The molecule has 230 valence electrons. The fourth-order valence-electron chi connectivity index (χ4n) is 4.86. The summed E-state index contributed by atoms with van der Waals surface area (Å²) in [6, 6.07) is -0.823. The van der Waals surface area contributed by atoms with Gasteiger partial charge in [0.1, 0.15) is 6.10 Å². The molecule has 0 spiro atoms. The molecule has 0 heterocycles. The fraction of sp³-hybridized carbons (Fsp3) is 0.853. The van der Waals surface area contributed by atoms with Crippen molar-refractivity contribution in [3.8, 4) is 0 Å². The molecule has 0 aliphatic rings. The normalized spacial score (nSPS) is 14.3. The summed E-state index contributed by atoms with van der Waals surface area (Å²) in [6.07, 6.45) is 32.7. The average molecular weight is 552 g/mol. The number of carbonyl (C=O) groups excluding carboxylic acids is 1. The molecule has 0 saturated carbocycles. The molecule has 0 radical (unpaired) electrons. The van der Waals surface area contributed by atoms with E-state index in [9.17, 15) is 20.1 Å². The SMILES string of the molecule is CCCCCC/C=C\CCCCCCCCCC(=O)NC(CO)C(O)C(O)CCC/C=C/CCCCCCC. The average Bonchev–Trinajstić information content (AvgIpc) is 2.94. The third-order valence-corrected chi connectivity index (χ3v) is 7.53. The lowest BCUT2D eigenvalue weighted by Gasteiger charge is -2.26. The van der Waals surface area contributed by atoms with E-state index in [-0.39, 0.29) is 12.5 Å². The van der Waals surface area contributed by atoms with Crippen LogP contribution >= 0.6 is 0 Å². The van der Waals surface area contributed by atoms with E-state index in [1.807, 2.05) is 0 Å². The van der Waals surface area contributed by atoms with Gasteiger partial charge in [-0.05, 0) is 64.2 Å². The van der Waals surface area contributed by atoms with Crippen molar-refractivity contribution >= 4 is 5.91 Å². The zero-order valence-electron chi connectivity index (χ0n) is 25.8. The second kappa shape index (κ2) is 29.8. The Morgan fingerprint density at radius 1 is 0.615 bits per heavy atom. The van der Waals surface area contributed by atoms with Gasteiger partial charge in [0, 0.05) is 6.42 Å². The number of aliphatic hydroxyl groups is 3. The third-order valence-electron chi connectivity index (χ3n) is 7.53. The molecule has 0 aromatic carbocycles. The van der Waals surface area contributed by atoms with Gasteiger partial charge in [0.2, 0.25) is 5.91 Å². The molecule has 0 rings (SSSR count). The summed E-state index contributed by atoms with van der Waals surface area (Å²) < 4.78 is 0. The monoisotopic (exact) mass is 551 g/mol. The van der Waals surface area contributed by atoms with Crippen LogP contribution in [-0.2, 0) is 4.79 Å². The van der Waals surface area contributed by atoms with Gasteiger partial charge in [0.05, 0.1) is 18.8 Å². The summed E-state index contributed by atoms with van der Waals surface area (Å²) in [6.45, 7) is 4.09. The van der Waals surface area contributed by atoms with Gasteiger partial charge in [-0.3, -0.25) is 4.79 Å². The molecule has 0 saturated heterocycles. The molecule has 0 aliphatic carbocycles. The quantitative estimate of drug-likeness (QED) is 0.0556. The maximum atomic E-state index is 12.3. The molecule has 5 nitrogen and oxygen atoms in total. The summed E-state index contributed by atoms with van der Waals surface area (Å²) in [4.78, 5) is 12.3. The van der Waals surface area contributed by atoms with Gasteiger partial charge in [0.25, 0.3) is 0 Å². The predicted octanol–water partition coefficient (Wildman–Crippen LogP) is 8.31. The highest BCUT2D eigenvalue weighted by molar-refractivity contribution is 5.76. The summed E-state index contributed by atoms with van der Waals surface area (Å²) in [5.41, 5.74) is 0. The zero-order chi connectivity index (χ0) is 28.8. The number of nitrogens with one attached hydrogen (secondary N) is 1. The number of hydrogen-bond donors (Lipinski definition) is 4. The highest BCUT2D eigenvalue weighted by Crippen LogP contribution is 2.13. The van der Waals surface area contributed by atoms with Gasteiger partial charge in [-0.2, -0.15) is 0 Å². The molecule has 0 aromatic heterocycles. The van der Waals surface area contributed by atoms with Crippen LogP contribution in [0.1, 0.15) is 162 Å². The maximum Gasteiger partial charge on any atom is 0.220 e. The molecular formula is C34H65NO4. The molecule has 1 amide bonds. The minimum atomic E-state index is -1.16. The number of carbonyl (C=O) groups is 1. The van der Waals surface area contributed by atoms with Crippen LogP contribution in [-0.4, -0.2) is 46.1 Å². The number of rotatable bonds is 29. The van der Waals surface area contributed by atoms with Gasteiger partial charge >= 0.3 is 0 Å². The van der Waals surface area contributed by atoms with Gasteiger partial charge in [-0.15, -0.1) is 0 Å². The number of amides is 1. The minimum absolute atomic E-state index is 0.163. The Kier molecular flexibility index (Phi) is 28.9. The van der Waals surface area contributed by atoms with Crippen molar-refractivity contribution in [3.05, 3.63) is 24.3 Å². The van der Waals surface area contributed by atoms with Crippen LogP contribution in [0.5, 0.6) is 0 Å². The first-order valence-electron chi connectivity index (χ1n) is 16.6. The van der Waals surface area contributed by atoms with Gasteiger partial charge in [-0.1, -0.05) is 115 Å². The Morgan fingerprint density at radius 2 is 1.03 bits per heavy atom. The first-order valence-corrected chi connectivity index (χ1v) is 16.6. The molecule has 0 aliphatic heterocycles. The molecule has 3 atom stereocenters. The Labute approximate surface area is 241 Å². The van der Waals surface area contributed by atoms with Crippen molar-refractivity contribution in [3.63, 3.8) is 0 Å². The van der Waals surface area contributed by atoms with E-state index in [1.54, 1.807) is 0 Å².